The summed E-state index contributed by atoms with van der Waals surface area (Å²) in [5, 5.41) is 5.13. The van der Waals surface area contributed by atoms with E-state index in [1.165, 1.54) is 0 Å². The van der Waals surface area contributed by atoms with Gasteiger partial charge in [-0.05, 0) is 37.1 Å². The number of amides is 2. The average molecular weight is 355 g/mol. The lowest BCUT2D eigenvalue weighted by molar-refractivity contribution is -0.149. The molecule has 7 heteroatoms. The maximum Gasteiger partial charge on any atom is 0.329 e. The lowest BCUT2D eigenvalue weighted by atomic mass is 10.2. The molecule has 1 atom stereocenters. The number of hydrogen-bond donors (Lipinski definition) is 2. The van der Waals surface area contributed by atoms with Gasteiger partial charge in [0.05, 0.1) is 0 Å². The van der Waals surface area contributed by atoms with Crippen LogP contribution >= 0.6 is 15.9 Å². The summed E-state index contributed by atoms with van der Waals surface area (Å²) in [6, 6.07) is 4.74. The third-order valence-corrected chi connectivity index (χ3v) is 3.96. The van der Waals surface area contributed by atoms with Gasteiger partial charge >= 0.3 is 5.97 Å². The molecule has 112 valence electrons. The van der Waals surface area contributed by atoms with Gasteiger partial charge in [-0.3, -0.25) is 9.59 Å². The van der Waals surface area contributed by atoms with Gasteiger partial charge < -0.3 is 15.4 Å². The van der Waals surface area contributed by atoms with E-state index in [2.05, 4.69) is 26.6 Å². The van der Waals surface area contributed by atoms with Crippen LogP contribution in [0, 0.1) is 6.92 Å². The number of carbonyl (C=O) groups is 3. The van der Waals surface area contributed by atoms with Gasteiger partial charge in [-0.15, -0.1) is 0 Å². The molecule has 0 aliphatic carbocycles. The first-order valence-corrected chi connectivity index (χ1v) is 7.27. The molecule has 2 N–H and O–H groups in total. The smallest absolute Gasteiger partial charge is 0.329 e. The van der Waals surface area contributed by atoms with Crippen molar-refractivity contribution in [3.63, 3.8) is 0 Å². The number of aryl methyl sites for hydroxylation is 1. The Balaban J connectivity index is 1.80. The minimum absolute atomic E-state index is 0.174. The molecule has 6 nitrogen and oxygen atoms in total. The van der Waals surface area contributed by atoms with Gasteiger partial charge in [-0.1, -0.05) is 15.9 Å². The predicted octanol–water partition coefficient (Wildman–Crippen LogP) is 1.52. The van der Waals surface area contributed by atoms with Gasteiger partial charge in [-0.25, -0.2) is 4.79 Å². The monoisotopic (exact) mass is 354 g/mol. The molecule has 1 aliphatic rings. The molecule has 0 aromatic heterocycles. The standard InChI is InChI=1S/C14H15BrN2O4/c1-8-6-9(2-3-10(8)15)16-13(19)7-21-14(20)11-4-5-12(18)17-11/h2-3,6,11H,4-5,7H2,1H3,(H,16,19)(H,17,18)/t11-/m1/s1. The summed E-state index contributed by atoms with van der Waals surface area (Å²) in [6.45, 7) is 1.53. The Kier molecular flexibility index (Phi) is 4.95. The molecule has 0 radical (unpaired) electrons. The van der Waals surface area contributed by atoms with Crippen molar-refractivity contribution >= 4 is 39.4 Å². The number of esters is 1. The summed E-state index contributed by atoms with van der Waals surface area (Å²) in [5.74, 6) is -1.18. The van der Waals surface area contributed by atoms with Gasteiger partial charge in [0.2, 0.25) is 5.91 Å². The first-order valence-electron chi connectivity index (χ1n) is 6.47. The van der Waals surface area contributed by atoms with Crippen molar-refractivity contribution in [2.75, 3.05) is 11.9 Å². The Morgan fingerprint density at radius 3 is 2.86 bits per heavy atom. The molecule has 1 fully saturated rings. The van der Waals surface area contributed by atoms with E-state index in [0.717, 1.165) is 10.0 Å². The second kappa shape index (κ2) is 6.71. The highest BCUT2D eigenvalue weighted by atomic mass is 79.9. The van der Waals surface area contributed by atoms with E-state index in [1.807, 2.05) is 13.0 Å². The molecule has 1 aliphatic heterocycles. The minimum Gasteiger partial charge on any atom is -0.454 e. The van der Waals surface area contributed by atoms with E-state index in [0.29, 0.717) is 18.5 Å². The van der Waals surface area contributed by atoms with Crippen molar-refractivity contribution in [2.45, 2.75) is 25.8 Å². The van der Waals surface area contributed by atoms with Crippen LogP contribution in [-0.4, -0.2) is 30.4 Å². The highest BCUT2D eigenvalue weighted by Crippen LogP contribution is 2.19. The van der Waals surface area contributed by atoms with Crippen molar-refractivity contribution < 1.29 is 19.1 Å². The first kappa shape index (κ1) is 15.5. The van der Waals surface area contributed by atoms with Gasteiger partial charge in [0.1, 0.15) is 6.04 Å². The van der Waals surface area contributed by atoms with Crippen molar-refractivity contribution in [3.05, 3.63) is 28.2 Å². The Morgan fingerprint density at radius 1 is 1.48 bits per heavy atom. The second-order valence-electron chi connectivity index (χ2n) is 4.78. The van der Waals surface area contributed by atoms with Crippen LogP contribution in [0.1, 0.15) is 18.4 Å². The maximum absolute atomic E-state index is 11.7. The Labute approximate surface area is 130 Å². The van der Waals surface area contributed by atoms with Gasteiger partial charge in [-0.2, -0.15) is 0 Å². The van der Waals surface area contributed by atoms with E-state index >= 15 is 0 Å². The molecular weight excluding hydrogens is 340 g/mol. The van der Waals surface area contributed by atoms with Gasteiger partial charge in [0, 0.05) is 16.6 Å². The molecular formula is C14H15BrN2O4. The topological polar surface area (TPSA) is 84.5 Å². The molecule has 0 spiro atoms. The summed E-state index contributed by atoms with van der Waals surface area (Å²) < 4.78 is 5.84. The molecule has 0 saturated carbocycles. The van der Waals surface area contributed by atoms with Crippen molar-refractivity contribution in [1.82, 2.24) is 5.32 Å². The average Bonchev–Trinajstić information content (AvgIpc) is 2.87. The van der Waals surface area contributed by atoms with Crippen LogP contribution < -0.4 is 10.6 Å². The third-order valence-electron chi connectivity index (χ3n) is 3.07. The fourth-order valence-electron chi connectivity index (χ4n) is 1.95. The largest absolute Gasteiger partial charge is 0.454 e. The zero-order valence-corrected chi connectivity index (χ0v) is 13.0. The van der Waals surface area contributed by atoms with Crippen LogP contribution in [0.25, 0.3) is 0 Å². The normalized spacial score (nSPS) is 17.2. The Hall–Kier alpha value is -1.89. The first-order chi connectivity index (χ1) is 9.95. The van der Waals surface area contributed by atoms with Crippen molar-refractivity contribution in [1.29, 1.82) is 0 Å². The molecule has 1 aromatic rings. The predicted molar refractivity (Wildman–Crippen MR) is 79.6 cm³/mol. The fourth-order valence-corrected chi connectivity index (χ4v) is 2.19. The number of anilines is 1. The maximum atomic E-state index is 11.7. The SMILES string of the molecule is Cc1cc(NC(=O)COC(=O)[C@H]2CCC(=O)N2)ccc1Br. The summed E-state index contributed by atoms with van der Waals surface area (Å²) in [4.78, 5) is 34.3. The molecule has 1 aromatic carbocycles. The lowest BCUT2D eigenvalue weighted by Gasteiger charge is -2.11. The van der Waals surface area contributed by atoms with E-state index in [-0.39, 0.29) is 12.5 Å². The molecule has 1 saturated heterocycles. The van der Waals surface area contributed by atoms with E-state index < -0.39 is 17.9 Å². The van der Waals surface area contributed by atoms with Crippen LogP contribution in [0.3, 0.4) is 0 Å². The zero-order valence-electron chi connectivity index (χ0n) is 11.4. The number of carbonyl (C=O) groups excluding carboxylic acids is 3. The number of hydrogen-bond acceptors (Lipinski definition) is 4. The number of halogens is 1. The van der Waals surface area contributed by atoms with Crippen LogP contribution in [0.15, 0.2) is 22.7 Å². The Bertz CT molecular complexity index is 588. The molecule has 0 unspecified atom stereocenters. The van der Waals surface area contributed by atoms with E-state index in [9.17, 15) is 14.4 Å². The van der Waals surface area contributed by atoms with Crippen LogP contribution in [0.4, 0.5) is 5.69 Å². The summed E-state index contributed by atoms with van der Waals surface area (Å²) in [5.41, 5.74) is 1.62. The molecule has 21 heavy (non-hydrogen) atoms. The number of benzene rings is 1. The summed E-state index contributed by atoms with van der Waals surface area (Å²) in [6.07, 6.45) is 0.718. The second-order valence-corrected chi connectivity index (χ2v) is 5.63. The van der Waals surface area contributed by atoms with Crippen molar-refractivity contribution in [3.8, 4) is 0 Å². The fraction of sp³-hybridized carbons (Fsp3) is 0.357. The third kappa shape index (κ3) is 4.29. The van der Waals surface area contributed by atoms with Gasteiger partial charge in [0.25, 0.3) is 5.91 Å². The highest BCUT2D eigenvalue weighted by molar-refractivity contribution is 9.10. The molecule has 0 bridgehead atoms. The van der Waals surface area contributed by atoms with Crippen molar-refractivity contribution in [2.24, 2.45) is 0 Å². The zero-order chi connectivity index (χ0) is 15.4. The number of nitrogens with one attached hydrogen (secondary N) is 2. The quantitative estimate of drug-likeness (QED) is 0.802. The van der Waals surface area contributed by atoms with Crippen LogP contribution in [-0.2, 0) is 19.1 Å². The number of ether oxygens (including phenoxy) is 1. The molecule has 1 heterocycles. The Morgan fingerprint density at radius 2 is 2.24 bits per heavy atom. The van der Waals surface area contributed by atoms with Gasteiger partial charge in [0.15, 0.2) is 6.61 Å². The number of rotatable bonds is 4. The minimum atomic E-state index is -0.639. The summed E-state index contributed by atoms with van der Waals surface area (Å²) >= 11 is 3.37. The summed E-state index contributed by atoms with van der Waals surface area (Å²) in [7, 11) is 0. The molecule has 2 amide bonds. The molecule has 2 rings (SSSR count). The highest BCUT2D eigenvalue weighted by Gasteiger charge is 2.28. The van der Waals surface area contributed by atoms with Crippen LogP contribution in [0.5, 0.6) is 0 Å². The van der Waals surface area contributed by atoms with E-state index in [1.54, 1.807) is 12.1 Å². The lowest BCUT2D eigenvalue weighted by Crippen LogP contribution is -2.36. The van der Waals surface area contributed by atoms with Crippen LogP contribution in [0.2, 0.25) is 0 Å². The van der Waals surface area contributed by atoms with E-state index in [4.69, 9.17) is 4.74 Å².